The molecule has 1 amide bonds. The number of hydrogen-bond acceptors (Lipinski definition) is 4. The molecule has 0 unspecified atom stereocenters. The van der Waals surface area contributed by atoms with Gasteiger partial charge in [-0.15, -0.1) is 0 Å². The molecule has 1 heterocycles. The average molecular weight is 242 g/mol. The van der Waals surface area contributed by atoms with Crippen LogP contribution in [0.3, 0.4) is 0 Å². The Balaban J connectivity index is 2.42. The molecule has 1 aliphatic heterocycles. The molecule has 0 bridgehead atoms. The second-order valence-electron chi connectivity index (χ2n) is 4.92. The maximum absolute atomic E-state index is 11.7. The number of thiocarbonyl (C=S) groups is 1. The summed E-state index contributed by atoms with van der Waals surface area (Å²) in [5.74, 6) is 0. The molecule has 0 atom stereocenters. The number of isothiocyanates is 1. The minimum Gasteiger partial charge on any atom is -0.444 e. The van der Waals surface area contributed by atoms with Crippen LogP contribution in [0, 0.1) is 0 Å². The largest absolute Gasteiger partial charge is 0.444 e. The second-order valence-corrected chi connectivity index (χ2v) is 5.10. The predicted octanol–water partition coefficient (Wildman–Crippen LogP) is 2.49. The zero-order chi connectivity index (χ0) is 12.2. The smallest absolute Gasteiger partial charge is 0.410 e. The van der Waals surface area contributed by atoms with E-state index in [0.717, 1.165) is 12.8 Å². The van der Waals surface area contributed by atoms with E-state index in [-0.39, 0.29) is 12.1 Å². The summed E-state index contributed by atoms with van der Waals surface area (Å²) >= 11 is 4.56. The molecular formula is C11H18N2O2S. The van der Waals surface area contributed by atoms with Crippen LogP contribution in [0.2, 0.25) is 0 Å². The van der Waals surface area contributed by atoms with Crippen LogP contribution in [-0.2, 0) is 4.74 Å². The lowest BCUT2D eigenvalue weighted by Gasteiger charge is -2.31. The molecule has 0 saturated carbocycles. The lowest BCUT2D eigenvalue weighted by Crippen LogP contribution is -2.42. The number of hydrogen-bond donors (Lipinski definition) is 0. The first-order valence-corrected chi connectivity index (χ1v) is 5.88. The van der Waals surface area contributed by atoms with Gasteiger partial charge in [0.2, 0.25) is 0 Å². The molecule has 4 nitrogen and oxygen atoms in total. The highest BCUT2D eigenvalue weighted by Gasteiger charge is 2.26. The summed E-state index contributed by atoms with van der Waals surface area (Å²) in [7, 11) is 0. The van der Waals surface area contributed by atoms with E-state index in [4.69, 9.17) is 4.74 Å². The van der Waals surface area contributed by atoms with Crippen LogP contribution in [0.25, 0.3) is 0 Å². The van der Waals surface area contributed by atoms with Crippen molar-refractivity contribution in [3.63, 3.8) is 0 Å². The van der Waals surface area contributed by atoms with E-state index in [0.29, 0.717) is 13.1 Å². The number of nitrogens with zero attached hydrogens (tertiary/aromatic N) is 2. The summed E-state index contributed by atoms with van der Waals surface area (Å²) in [6.07, 6.45) is 1.43. The molecule has 0 aromatic heterocycles. The maximum Gasteiger partial charge on any atom is 0.410 e. The fourth-order valence-electron chi connectivity index (χ4n) is 1.58. The van der Waals surface area contributed by atoms with Crippen LogP contribution in [-0.4, -0.2) is 40.9 Å². The third-order valence-corrected chi connectivity index (χ3v) is 2.46. The van der Waals surface area contributed by atoms with Crippen molar-refractivity contribution in [2.24, 2.45) is 4.99 Å². The minimum atomic E-state index is -0.430. The van der Waals surface area contributed by atoms with Crippen molar-refractivity contribution in [2.75, 3.05) is 13.1 Å². The van der Waals surface area contributed by atoms with Gasteiger partial charge in [0, 0.05) is 13.1 Å². The molecule has 0 radical (unpaired) electrons. The van der Waals surface area contributed by atoms with E-state index >= 15 is 0 Å². The topological polar surface area (TPSA) is 41.9 Å². The van der Waals surface area contributed by atoms with Gasteiger partial charge in [0.15, 0.2) is 0 Å². The molecule has 1 saturated heterocycles. The molecule has 5 heteroatoms. The summed E-state index contributed by atoms with van der Waals surface area (Å²) in [5, 5.41) is 2.39. The molecule has 0 aromatic carbocycles. The molecule has 0 N–H and O–H groups in total. The van der Waals surface area contributed by atoms with Gasteiger partial charge < -0.3 is 9.64 Å². The van der Waals surface area contributed by atoms with Crippen LogP contribution in [0.4, 0.5) is 4.79 Å². The number of aliphatic imine (C=N–C) groups is 1. The first kappa shape index (κ1) is 13.1. The Hall–Kier alpha value is -0.930. The van der Waals surface area contributed by atoms with E-state index < -0.39 is 5.60 Å². The predicted molar refractivity (Wildman–Crippen MR) is 65.9 cm³/mol. The zero-order valence-corrected chi connectivity index (χ0v) is 10.8. The van der Waals surface area contributed by atoms with Crippen molar-refractivity contribution in [1.29, 1.82) is 0 Å². The van der Waals surface area contributed by atoms with Crippen LogP contribution in [0.15, 0.2) is 4.99 Å². The van der Waals surface area contributed by atoms with Gasteiger partial charge >= 0.3 is 6.09 Å². The van der Waals surface area contributed by atoms with Crippen LogP contribution in [0.5, 0.6) is 0 Å². The Labute approximate surface area is 102 Å². The molecular weight excluding hydrogens is 224 g/mol. The fourth-order valence-corrected chi connectivity index (χ4v) is 1.73. The highest BCUT2D eigenvalue weighted by molar-refractivity contribution is 7.78. The highest BCUT2D eigenvalue weighted by Crippen LogP contribution is 2.16. The summed E-state index contributed by atoms with van der Waals surface area (Å²) in [6, 6.07) is 0.219. The molecule has 1 rings (SSSR count). The number of ether oxygens (including phenoxy) is 1. The Kier molecular flexibility index (Phi) is 4.44. The van der Waals surface area contributed by atoms with Gasteiger partial charge in [-0.3, -0.25) is 0 Å². The van der Waals surface area contributed by atoms with Crippen molar-refractivity contribution < 1.29 is 9.53 Å². The monoisotopic (exact) mass is 242 g/mol. The normalized spacial score (nSPS) is 17.8. The van der Waals surface area contributed by atoms with Gasteiger partial charge in [-0.1, -0.05) is 0 Å². The molecule has 1 fully saturated rings. The van der Waals surface area contributed by atoms with E-state index in [2.05, 4.69) is 22.4 Å². The van der Waals surface area contributed by atoms with Gasteiger partial charge in [0.1, 0.15) is 5.60 Å². The van der Waals surface area contributed by atoms with Gasteiger partial charge in [-0.05, 0) is 45.8 Å². The zero-order valence-electron chi connectivity index (χ0n) is 10.0. The third kappa shape index (κ3) is 4.29. The van der Waals surface area contributed by atoms with Crippen molar-refractivity contribution in [1.82, 2.24) is 4.90 Å². The van der Waals surface area contributed by atoms with E-state index in [9.17, 15) is 4.79 Å². The number of piperidine rings is 1. The second kappa shape index (κ2) is 5.41. The first-order valence-electron chi connectivity index (χ1n) is 5.47. The minimum absolute atomic E-state index is 0.219. The van der Waals surface area contributed by atoms with Crippen molar-refractivity contribution >= 4 is 23.5 Å². The molecule has 0 aromatic rings. The summed E-state index contributed by atoms with van der Waals surface area (Å²) < 4.78 is 5.29. The number of likely N-dealkylation sites (tertiary alicyclic amines) is 1. The number of rotatable bonds is 1. The summed E-state index contributed by atoms with van der Waals surface area (Å²) in [4.78, 5) is 17.5. The maximum atomic E-state index is 11.7. The summed E-state index contributed by atoms with van der Waals surface area (Å²) in [5.41, 5.74) is -0.430. The number of amides is 1. The van der Waals surface area contributed by atoms with Crippen LogP contribution >= 0.6 is 12.2 Å². The lowest BCUT2D eigenvalue weighted by molar-refractivity contribution is 0.0207. The third-order valence-electron chi connectivity index (χ3n) is 2.35. The van der Waals surface area contributed by atoms with Crippen molar-refractivity contribution in [3.05, 3.63) is 0 Å². The number of carbonyl (C=O) groups is 1. The Morgan fingerprint density at radius 2 is 2.00 bits per heavy atom. The molecule has 16 heavy (non-hydrogen) atoms. The first-order chi connectivity index (χ1) is 7.42. The molecule has 0 aliphatic carbocycles. The van der Waals surface area contributed by atoms with Crippen molar-refractivity contribution in [2.45, 2.75) is 45.3 Å². The van der Waals surface area contributed by atoms with Crippen LogP contribution in [0.1, 0.15) is 33.6 Å². The highest BCUT2D eigenvalue weighted by atomic mass is 32.1. The quantitative estimate of drug-likeness (QED) is 0.524. The SMILES string of the molecule is CC(C)(C)OC(=O)N1CCC(N=C=S)CC1. The van der Waals surface area contributed by atoms with Gasteiger partial charge in [0.05, 0.1) is 11.2 Å². The average Bonchev–Trinajstić information content (AvgIpc) is 2.16. The standard InChI is InChI=1S/C11H18N2O2S/c1-11(2,3)15-10(14)13-6-4-9(5-7-13)12-8-16/h9H,4-7H2,1-3H3. The lowest BCUT2D eigenvalue weighted by atomic mass is 10.1. The van der Waals surface area contributed by atoms with Crippen LogP contribution < -0.4 is 0 Å². The van der Waals surface area contributed by atoms with Crippen molar-refractivity contribution in [3.8, 4) is 0 Å². The summed E-state index contributed by atoms with van der Waals surface area (Å²) in [6.45, 7) is 6.97. The van der Waals surface area contributed by atoms with Gasteiger partial charge in [-0.2, -0.15) is 0 Å². The number of carbonyl (C=O) groups excluding carboxylic acids is 1. The Morgan fingerprint density at radius 3 is 2.44 bits per heavy atom. The van der Waals surface area contributed by atoms with E-state index in [1.165, 1.54) is 0 Å². The Morgan fingerprint density at radius 1 is 1.44 bits per heavy atom. The molecule has 90 valence electrons. The van der Waals surface area contributed by atoms with E-state index in [1.54, 1.807) is 4.90 Å². The van der Waals surface area contributed by atoms with Gasteiger partial charge in [0.25, 0.3) is 0 Å². The Bertz CT molecular complexity index is 298. The molecule has 0 spiro atoms. The fraction of sp³-hybridized carbons (Fsp3) is 0.818. The van der Waals surface area contributed by atoms with Gasteiger partial charge in [-0.25, -0.2) is 9.79 Å². The van der Waals surface area contributed by atoms with E-state index in [1.807, 2.05) is 20.8 Å². The molecule has 1 aliphatic rings.